The van der Waals surface area contributed by atoms with Crippen molar-refractivity contribution in [3.8, 4) is 0 Å². The van der Waals surface area contributed by atoms with Crippen LogP contribution in [0, 0.1) is 5.92 Å². The number of unbranched alkanes of at least 4 members (excludes halogenated alkanes) is 3. The van der Waals surface area contributed by atoms with E-state index in [9.17, 15) is 23.5 Å². The monoisotopic (exact) mass is 451 g/mol. The molecule has 1 aromatic rings. The fourth-order valence-electron chi connectivity index (χ4n) is 4.05. The van der Waals surface area contributed by atoms with E-state index >= 15 is 0 Å². The molecule has 1 aliphatic rings. The number of likely N-dealkylation sites (tertiary alicyclic amines) is 1. The van der Waals surface area contributed by atoms with E-state index < -0.39 is 36.4 Å². The molecule has 0 bridgehead atoms. The van der Waals surface area contributed by atoms with Crippen LogP contribution in [0.5, 0.6) is 0 Å². The molecule has 1 unspecified atom stereocenters. The second-order valence-corrected chi connectivity index (χ2v) is 8.76. The molecule has 0 aliphatic carbocycles. The third-order valence-electron chi connectivity index (χ3n) is 6.06. The average Bonchev–Trinajstić information content (AvgIpc) is 2.97. The summed E-state index contributed by atoms with van der Waals surface area (Å²) in [5.41, 5.74) is 1.25. The number of aliphatic hydroxyl groups excluding tert-OH is 1. The molecule has 2 rings (SSSR count). The van der Waals surface area contributed by atoms with Gasteiger partial charge in [0.1, 0.15) is 0 Å². The molecule has 0 radical (unpaired) electrons. The van der Waals surface area contributed by atoms with Gasteiger partial charge in [0.05, 0.1) is 12.1 Å². The number of carbonyl (C=O) groups excluding carboxylic acids is 1. The molecule has 32 heavy (non-hydrogen) atoms. The summed E-state index contributed by atoms with van der Waals surface area (Å²) in [5.74, 6) is -5.42. The summed E-state index contributed by atoms with van der Waals surface area (Å²) in [6, 6.07) is 9.37. The number of carboxylic acids is 1. The summed E-state index contributed by atoms with van der Waals surface area (Å²) in [7, 11) is 0. The Morgan fingerprint density at radius 1 is 1.19 bits per heavy atom. The van der Waals surface area contributed by atoms with Gasteiger partial charge in [0, 0.05) is 19.4 Å². The number of alkyl halides is 2. The van der Waals surface area contributed by atoms with Crippen LogP contribution in [-0.4, -0.2) is 51.6 Å². The van der Waals surface area contributed by atoms with Gasteiger partial charge in [-0.05, 0) is 43.6 Å². The summed E-state index contributed by atoms with van der Waals surface area (Å²) < 4.78 is 28.0. The van der Waals surface area contributed by atoms with Crippen molar-refractivity contribution in [2.45, 2.75) is 82.8 Å². The minimum Gasteiger partial charge on any atom is -0.481 e. The van der Waals surface area contributed by atoms with Crippen molar-refractivity contribution >= 4 is 11.9 Å². The van der Waals surface area contributed by atoms with E-state index in [1.54, 1.807) is 12.2 Å². The maximum Gasteiger partial charge on any atom is 0.327 e. The maximum atomic E-state index is 14.0. The van der Waals surface area contributed by atoms with Crippen molar-refractivity contribution in [3.63, 3.8) is 0 Å². The fraction of sp³-hybridized carbons (Fsp3) is 0.600. The number of hydrogen-bond donors (Lipinski definition) is 2. The second kappa shape index (κ2) is 12.7. The molecule has 1 fully saturated rings. The van der Waals surface area contributed by atoms with Crippen molar-refractivity contribution in [3.05, 3.63) is 48.0 Å². The Morgan fingerprint density at radius 2 is 1.88 bits per heavy atom. The number of benzene rings is 1. The summed E-state index contributed by atoms with van der Waals surface area (Å²) in [5, 5.41) is 19.1. The van der Waals surface area contributed by atoms with Gasteiger partial charge < -0.3 is 15.1 Å². The molecule has 3 atom stereocenters. The van der Waals surface area contributed by atoms with Crippen molar-refractivity contribution in [2.24, 2.45) is 5.92 Å². The van der Waals surface area contributed by atoms with Crippen LogP contribution in [0.3, 0.4) is 0 Å². The predicted molar refractivity (Wildman–Crippen MR) is 119 cm³/mol. The van der Waals surface area contributed by atoms with E-state index in [1.807, 2.05) is 25.1 Å². The molecule has 1 amide bonds. The van der Waals surface area contributed by atoms with E-state index in [2.05, 4.69) is 12.1 Å². The molecule has 5 nitrogen and oxygen atoms in total. The number of aliphatic carboxylic acids is 1. The lowest BCUT2D eigenvalue weighted by Crippen LogP contribution is -2.36. The smallest absolute Gasteiger partial charge is 0.327 e. The van der Waals surface area contributed by atoms with Crippen molar-refractivity contribution < 1.29 is 28.6 Å². The van der Waals surface area contributed by atoms with Crippen molar-refractivity contribution in [2.75, 3.05) is 6.54 Å². The molecule has 0 aromatic heterocycles. The number of rotatable bonds is 14. The largest absolute Gasteiger partial charge is 0.481 e. The lowest BCUT2D eigenvalue weighted by molar-refractivity contribution is -0.148. The Labute approximate surface area is 189 Å². The topological polar surface area (TPSA) is 77.8 Å². The first kappa shape index (κ1) is 26.0. The van der Waals surface area contributed by atoms with E-state index in [-0.39, 0.29) is 18.9 Å². The minimum atomic E-state index is -3.38. The first-order chi connectivity index (χ1) is 15.2. The zero-order chi connectivity index (χ0) is 23.6. The van der Waals surface area contributed by atoms with Gasteiger partial charge in [-0.2, -0.15) is 8.78 Å². The van der Waals surface area contributed by atoms with Crippen molar-refractivity contribution in [1.82, 2.24) is 4.90 Å². The zero-order valence-electron chi connectivity index (χ0n) is 18.8. The molecular formula is C25H35F2NO4. The van der Waals surface area contributed by atoms with Gasteiger partial charge in [-0.15, -0.1) is 0 Å². The summed E-state index contributed by atoms with van der Waals surface area (Å²) in [4.78, 5) is 23.8. The average molecular weight is 452 g/mol. The van der Waals surface area contributed by atoms with Gasteiger partial charge in [-0.1, -0.05) is 62.2 Å². The predicted octanol–water partition coefficient (Wildman–Crippen LogP) is 4.83. The van der Waals surface area contributed by atoms with E-state index in [0.29, 0.717) is 25.7 Å². The highest BCUT2D eigenvalue weighted by Gasteiger charge is 2.52. The number of nitrogens with zero attached hydrogens (tertiary/aromatic N) is 1. The highest BCUT2D eigenvalue weighted by atomic mass is 19.3. The number of amides is 1. The minimum absolute atomic E-state index is 0.0183. The van der Waals surface area contributed by atoms with Crippen LogP contribution in [0.1, 0.15) is 63.9 Å². The quantitative estimate of drug-likeness (QED) is 0.314. The van der Waals surface area contributed by atoms with Crippen LogP contribution in [0.15, 0.2) is 42.5 Å². The molecule has 1 heterocycles. The molecule has 7 heteroatoms. The molecule has 1 aromatic carbocycles. The third-order valence-corrected chi connectivity index (χ3v) is 6.06. The highest BCUT2D eigenvalue weighted by Crippen LogP contribution is 2.34. The van der Waals surface area contributed by atoms with Crippen LogP contribution in [0.4, 0.5) is 8.78 Å². The number of aliphatic hydroxyl groups is 1. The molecule has 1 aliphatic heterocycles. The number of carboxylic acid groups (broad SMARTS) is 1. The summed E-state index contributed by atoms with van der Waals surface area (Å²) >= 11 is 0. The SMILES string of the molecule is C[C@H](CCCc1ccccc1)[C@@H](O)C=CC1CC(F)(F)C(=O)N1CCCCCCC(=O)O. The Bertz CT molecular complexity index is 754. The van der Waals surface area contributed by atoms with Crippen molar-refractivity contribution in [1.29, 1.82) is 0 Å². The van der Waals surface area contributed by atoms with E-state index in [1.165, 1.54) is 10.5 Å². The Balaban J connectivity index is 1.81. The first-order valence-corrected chi connectivity index (χ1v) is 11.5. The van der Waals surface area contributed by atoms with E-state index in [0.717, 1.165) is 19.3 Å². The molecular weight excluding hydrogens is 416 g/mol. The summed E-state index contributed by atoms with van der Waals surface area (Å²) in [6.45, 7) is 2.14. The lowest BCUT2D eigenvalue weighted by atomic mass is 9.95. The van der Waals surface area contributed by atoms with Crippen LogP contribution in [-0.2, 0) is 16.0 Å². The number of aryl methyl sites for hydroxylation is 1. The fourth-order valence-corrected chi connectivity index (χ4v) is 4.05. The van der Waals surface area contributed by atoms with Gasteiger partial charge in [0.15, 0.2) is 0 Å². The third kappa shape index (κ3) is 8.34. The van der Waals surface area contributed by atoms with Crippen LogP contribution >= 0.6 is 0 Å². The van der Waals surface area contributed by atoms with Crippen LogP contribution < -0.4 is 0 Å². The van der Waals surface area contributed by atoms with E-state index in [4.69, 9.17) is 5.11 Å². The molecule has 1 saturated heterocycles. The molecule has 178 valence electrons. The van der Waals surface area contributed by atoms with Crippen LogP contribution in [0.25, 0.3) is 0 Å². The van der Waals surface area contributed by atoms with Gasteiger partial charge in [-0.3, -0.25) is 9.59 Å². The Morgan fingerprint density at radius 3 is 2.56 bits per heavy atom. The highest BCUT2D eigenvalue weighted by molar-refractivity contribution is 5.86. The van der Waals surface area contributed by atoms with Crippen LogP contribution in [0.2, 0.25) is 0 Å². The number of halogens is 2. The molecule has 0 saturated carbocycles. The Kier molecular flexibility index (Phi) is 10.3. The normalized spacial score (nSPS) is 20.1. The van der Waals surface area contributed by atoms with Gasteiger partial charge in [0.2, 0.25) is 0 Å². The zero-order valence-corrected chi connectivity index (χ0v) is 18.8. The second-order valence-electron chi connectivity index (χ2n) is 8.76. The molecule has 2 N–H and O–H groups in total. The van der Waals surface area contributed by atoms with Gasteiger partial charge >= 0.3 is 11.9 Å². The molecule has 0 spiro atoms. The standard InChI is InChI=1S/C25H35F2NO4/c1-19(10-9-13-20-11-5-4-6-12-20)22(29)16-15-21-18-25(26,27)24(32)28(21)17-8-3-2-7-14-23(30)31/h4-6,11-12,15-16,19,21-22,29H,2-3,7-10,13-14,17-18H2,1H3,(H,30,31)/t19-,21?,22+/m1/s1. The maximum absolute atomic E-state index is 14.0. The first-order valence-electron chi connectivity index (χ1n) is 11.5. The lowest BCUT2D eigenvalue weighted by Gasteiger charge is -2.22. The van der Waals surface area contributed by atoms with Gasteiger partial charge in [0.25, 0.3) is 5.91 Å². The number of hydrogen-bond acceptors (Lipinski definition) is 3. The Hall–Kier alpha value is -2.28. The van der Waals surface area contributed by atoms with Gasteiger partial charge in [-0.25, -0.2) is 0 Å². The summed E-state index contributed by atoms with van der Waals surface area (Å²) in [6.07, 6.45) is 6.95. The number of carbonyl (C=O) groups is 2.